The first kappa shape index (κ1) is 16.6. The molecule has 0 radical (unpaired) electrons. The van der Waals surface area contributed by atoms with Gasteiger partial charge in [-0.2, -0.15) is 0 Å². The van der Waals surface area contributed by atoms with Gasteiger partial charge in [-0.25, -0.2) is 4.57 Å². The number of hydrogen-bond acceptors (Lipinski definition) is 3. The van der Waals surface area contributed by atoms with Crippen LogP contribution >= 0.6 is 7.82 Å². The molecule has 0 saturated heterocycles. The highest BCUT2D eigenvalue weighted by molar-refractivity contribution is 7.48. The number of aryl methyl sites for hydroxylation is 4. The van der Waals surface area contributed by atoms with Crippen LogP contribution in [-0.2, 0) is 4.57 Å². The van der Waals surface area contributed by atoms with Crippen LogP contribution in [0, 0.1) is 34.6 Å². The minimum Gasteiger partial charge on any atom is -0.395 e. The monoisotopic (exact) mass is 320 g/mol. The van der Waals surface area contributed by atoms with E-state index in [4.69, 9.17) is 9.05 Å². The summed E-state index contributed by atoms with van der Waals surface area (Å²) in [6.45, 7) is 9.40. The Morgan fingerprint density at radius 2 is 1.50 bits per heavy atom. The normalized spacial score (nSPS) is 13.5. The van der Waals surface area contributed by atoms with Gasteiger partial charge in [0, 0.05) is 0 Å². The zero-order valence-corrected chi connectivity index (χ0v) is 14.4. The zero-order chi connectivity index (χ0) is 16.5. The number of phosphoric ester groups is 1. The van der Waals surface area contributed by atoms with Crippen molar-refractivity contribution in [1.29, 1.82) is 0 Å². The van der Waals surface area contributed by atoms with E-state index in [0.717, 1.165) is 27.8 Å². The van der Waals surface area contributed by atoms with Crippen LogP contribution in [-0.4, -0.2) is 4.89 Å². The van der Waals surface area contributed by atoms with Gasteiger partial charge in [0.25, 0.3) is 0 Å². The molecule has 0 saturated carbocycles. The summed E-state index contributed by atoms with van der Waals surface area (Å²) in [6, 6.07) is 9.16. The van der Waals surface area contributed by atoms with Gasteiger partial charge in [-0.1, -0.05) is 29.8 Å². The van der Waals surface area contributed by atoms with Crippen molar-refractivity contribution in [2.75, 3.05) is 0 Å². The summed E-state index contributed by atoms with van der Waals surface area (Å²) in [7, 11) is -4.25. The third kappa shape index (κ3) is 3.70. The van der Waals surface area contributed by atoms with Crippen molar-refractivity contribution in [3.63, 3.8) is 0 Å². The van der Waals surface area contributed by atoms with E-state index in [9.17, 15) is 9.46 Å². The summed E-state index contributed by atoms with van der Waals surface area (Å²) >= 11 is 0. The van der Waals surface area contributed by atoms with Crippen LogP contribution in [0.15, 0.2) is 30.3 Å². The SMILES string of the molecule is Cc1cc(C)c(OP(=O)(O)Oc2cccc(C)c2C)c(C)c1. The summed E-state index contributed by atoms with van der Waals surface area (Å²) < 4.78 is 22.9. The fourth-order valence-electron chi connectivity index (χ4n) is 2.39. The van der Waals surface area contributed by atoms with E-state index in [-0.39, 0.29) is 0 Å². The predicted octanol–water partition coefficient (Wildman–Crippen LogP) is 4.79. The van der Waals surface area contributed by atoms with Gasteiger partial charge < -0.3 is 9.05 Å². The van der Waals surface area contributed by atoms with Crippen LogP contribution < -0.4 is 9.05 Å². The molecule has 2 aromatic rings. The average Bonchev–Trinajstić information content (AvgIpc) is 2.39. The van der Waals surface area contributed by atoms with Crippen molar-refractivity contribution in [3.05, 3.63) is 58.1 Å². The fraction of sp³-hybridized carbons (Fsp3) is 0.294. The minimum atomic E-state index is -4.25. The van der Waals surface area contributed by atoms with Gasteiger partial charge >= 0.3 is 7.82 Å². The van der Waals surface area contributed by atoms with Crippen molar-refractivity contribution in [1.82, 2.24) is 0 Å². The highest BCUT2D eigenvalue weighted by Gasteiger charge is 2.27. The van der Waals surface area contributed by atoms with E-state index >= 15 is 0 Å². The molecule has 0 fully saturated rings. The third-order valence-corrected chi connectivity index (χ3v) is 4.42. The lowest BCUT2D eigenvalue weighted by Crippen LogP contribution is -2.03. The lowest BCUT2D eigenvalue weighted by atomic mass is 10.1. The molecule has 1 atom stereocenters. The van der Waals surface area contributed by atoms with Crippen molar-refractivity contribution < 1.29 is 18.5 Å². The summed E-state index contributed by atoms with van der Waals surface area (Å²) in [4.78, 5) is 10.1. The van der Waals surface area contributed by atoms with Gasteiger partial charge in [0.2, 0.25) is 0 Å². The maximum absolute atomic E-state index is 12.3. The first-order valence-electron chi connectivity index (χ1n) is 7.05. The van der Waals surface area contributed by atoms with Crippen LogP contribution in [0.1, 0.15) is 27.8 Å². The molecule has 0 aliphatic rings. The standard InChI is InChI=1S/C17H21O4P/c1-11-9-13(3)17(14(4)10-11)21-22(18,19)20-16-8-6-7-12(2)15(16)5/h6-10H,1-5H3,(H,18,19). The molecular weight excluding hydrogens is 299 g/mol. The van der Waals surface area contributed by atoms with Gasteiger partial charge in [0.1, 0.15) is 11.5 Å². The largest absolute Gasteiger partial charge is 0.584 e. The van der Waals surface area contributed by atoms with Crippen molar-refractivity contribution in [2.24, 2.45) is 0 Å². The van der Waals surface area contributed by atoms with Crippen LogP contribution in [0.5, 0.6) is 11.5 Å². The van der Waals surface area contributed by atoms with Crippen molar-refractivity contribution in [3.8, 4) is 11.5 Å². The van der Waals surface area contributed by atoms with Crippen LogP contribution in [0.25, 0.3) is 0 Å². The summed E-state index contributed by atoms with van der Waals surface area (Å²) in [5.74, 6) is 0.745. The Morgan fingerprint density at radius 1 is 0.909 bits per heavy atom. The predicted molar refractivity (Wildman–Crippen MR) is 87.7 cm³/mol. The second-order valence-electron chi connectivity index (χ2n) is 5.58. The molecule has 22 heavy (non-hydrogen) atoms. The molecule has 0 bridgehead atoms. The Labute approximate surface area is 131 Å². The molecule has 0 aromatic heterocycles. The second-order valence-corrected chi connectivity index (χ2v) is 6.88. The first-order chi connectivity index (χ1) is 10.2. The van der Waals surface area contributed by atoms with Crippen molar-refractivity contribution in [2.45, 2.75) is 34.6 Å². The average molecular weight is 320 g/mol. The van der Waals surface area contributed by atoms with Gasteiger partial charge in [0.05, 0.1) is 0 Å². The van der Waals surface area contributed by atoms with Gasteiger partial charge in [-0.05, 0) is 62.9 Å². The number of rotatable bonds is 4. The Morgan fingerprint density at radius 3 is 2.09 bits per heavy atom. The molecule has 4 nitrogen and oxygen atoms in total. The fourth-order valence-corrected chi connectivity index (χ4v) is 3.39. The summed E-state index contributed by atoms with van der Waals surface area (Å²) in [5.41, 5.74) is 4.48. The van der Waals surface area contributed by atoms with Gasteiger partial charge in [-0.3, -0.25) is 4.89 Å². The molecule has 1 unspecified atom stereocenters. The molecular formula is C17H21O4P. The molecule has 2 aromatic carbocycles. The minimum absolute atomic E-state index is 0.355. The Balaban J connectivity index is 2.29. The van der Waals surface area contributed by atoms with E-state index in [1.807, 2.05) is 52.8 Å². The Bertz CT molecular complexity index is 729. The van der Waals surface area contributed by atoms with E-state index in [1.165, 1.54) is 0 Å². The second kappa shape index (κ2) is 6.15. The van der Waals surface area contributed by atoms with Crippen LogP contribution in [0.4, 0.5) is 0 Å². The Kier molecular flexibility index (Phi) is 4.64. The van der Waals surface area contributed by atoms with Crippen LogP contribution in [0.2, 0.25) is 0 Å². The molecule has 0 heterocycles. The summed E-state index contributed by atoms with van der Waals surface area (Å²) in [5, 5.41) is 0. The van der Waals surface area contributed by atoms with E-state index < -0.39 is 7.82 Å². The highest BCUT2D eigenvalue weighted by Crippen LogP contribution is 2.47. The molecule has 2 rings (SSSR count). The van der Waals surface area contributed by atoms with Crippen molar-refractivity contribution >= 4 is 7.82 Å². The molecule has 5 heteroatoms. The smallest absolute Gasteiger partial charge is 0.395 e. The summed E-state index contributed by atoms with van der Waals surface area (Å²) in [6.07, 6.45) is 0. The molecule has 0 amide bonds. The van der Waals surface area contributed by atoms with E-state index in [0.29, 0.717) is 11.5 Å². The maximum Gasteiger partial charge on any atom is 0.584 e. The maximum atomic E-state index is 12.3. The van der Waals surface area contributed by atoms with Gasteiger partial charge in [-0.15, -0.1) is 0 Å². The number of phosphoric acid groups is 1. The number of benzene rings is 2. The molecule has 1 N–H and O–H groups in total. The Hall–Kier alpha value is -1.77. The topological polar surface area (TPSA) is 55.8 Å². The molecule has 0 aliphatic carbocycles. The lowest BCUT2D eigenvalue weighted by Gasteiger charge is -2.18. The van der Waals surface area contributed by atoms with E-state index in [1.54, 1.807) is 12.1 Å². The van der Waals surface area contributed by atoms with E-state index in [2.05, 4.69) is 0 Å². The molecule has 0 spiro atoms. The molecule has 0 aliphatic heterocycles. The lowest BCUT2D eigenvalue weighted by molar-refractivity contribution is 0.289. The first-order valence-corrected chi connectivity index (χ1v) is 8.55. The van der Waals surface area contributed by atoms with Crippen LogP contribution in [0.3, 0.4) is 0 Å². The zero-order valence-electron chi connectivity index (χ0n) is 13.5. The molecule has 118 valence electrons. The highest BCUT2D eigenvalue weighted by atomic mass is 31.2. The number of hydrogen-bond donors (Lipinski definition) is 1. The van der Waals surface area contributed by atoms with Gasteiger partial charge in [0.15, 0.2) is 0 Å². The third-order valence-electron chi connectivity index (χ3n) is 3.58. The quantitative estimate of drug-likeness (QED) is 0.823.